The SMILES string of the molecule is COc1cc(CNCCCC(=O)O)cc(OC)c1. The van der Waals surface area contributed by atoms with Crippen molar-refractivity contribution < 1.29 is 19.4 Å². The number of hydrogen-bond donors (Lipinski definition) is 2. The Bertz CT molecular complexity index is 370. The van der Waals surface area contributed by atoms with Crippen LogP contribution in [-0.2, 0) is 11.3 Å². The van der Waals surface area contributed by atoms with Gasteiger partial charge in [0.15, 0.2) is 0 Å². The average Bonchev–Trinajstić information content (AvgIpc) is 2.37. The van der Waals surface area contributed by atoms with Gasteiger partial charge in [-0.2, -0.15) is 0 Å². The molecule has 1 rings (SSSR count). The summed E-state index contributed by atoms with van der Waals surface area (Å²) in [7, 11) is 3.22. The Morgan fingerprint density at radius 2 is 1.83 bits per heavy atom. The molecule has 0 spiro atoms. The van der Waals surface area contributed by atoms with Crippen LogP contribution >= 0.6 is 0 Å². The molecule has 0 saturated carbocycles. The number of methoxy groups -OCH3 is 2. The zero-order valence-corrected chi connectivity index (χ0v) is 10.7. The van der Waals surface area contributed by atoms with Crippen molar-refractivity contribution >= 4 is 5.97 Å². The van der Waals surface area contributed by atoms with Gasteiger partial charge in [-0.3, -0.25) is 4.79 Å². The summed E-state index contributed by atoms with van der Waals surface area (Å²) in [5, 5.41) is 11.7. The quantitative estimate of drug-likeness (QED) is 0.690. The minimum atomic E-state index is -0.764. The molecule has 0 heterocycles. The van der Waals surface area contributed by atoms with E-state index in [0.717, 1.165) is 17.1 Å². The normalized spacial score (nSPS) is 10.1. The molecule has 5 heteroatoms. The number of carboxylic acids is 1. The molecule has 2 N–H and O–H groups in total. The van der Waals surface area contributed by atoms with Crippen LogP contribution in [0, 0.1) is 0 Å². The van der Waals surface area contributed by atoms with Crippen molar-refractivity contribution in [2.24, 2.45) is 0 Å². The van der Waals surface area contributed by atoms with Gasteiger partial charge in [0.25, 0.3) is 0 Å². The van der Waals surface area contributed by atoms with E-state index in [1.54, 1.807) is 14.2 Å². The minimum absolute atomic E-state index is 0.189. The van der Waals surface area contributed by atoms with Gasteiger partial charge in [-0.15, -0.1) is 0 Å². The maximum atomic E-state index is 10.3. The number of carboxylic acid groups (broad SMARTS) is 1. The van der Waals surface area contributed by atoms with Crippen molar-refractivity contribution in [3.8, 4) is 11.5 Å². The lowest BCUT2D eigenvalue weighted by atomic mass is 10.2. The zero-order chi connectivity index (χ0) is 13.4. The summed E-state index contributed by atoms with van der Waals surface area (Å²) >= 11 is 0. The molecule has 18 heavy (non-hydrogen) atoms. The van der Waals surface area contributed by atoms with Gasteiger partial charge in [-0.05, 0) is 30.7 Å². The Hall–Kier alpha value is -1.75. The highest BCUT2D eigenvalue weighted by Crippen LogP contribution is 2.22. The molecule has 0 aromatic heterocycles. The number of benzene rings is 1. The minimum Gasteiger partial charge on any atom is -0.497 e. The van der Waals surface area contributed by atoms with Crippen LogP contribution in [0.1, 0.15) is 18.4 Å². The van der Waals surface area contributed by atoms with Crippen LogP contribution in [0.2, 0.25) is 0 Å². The van der Waals surface area contributed by atoms with Gasteiger partial charge in [0.1, 0.15) is 11.5 Å². The second-order valence-electron chi connectivity index (χ2n) is 3.89. The summed E-state index contributed by atoms with van der Waals surface area (Å²) in [6.45, 7) is 1.33. The molecule has 0 bridgehead atoms. The third kappa shape index (κ3) is 5.05. The van der Waals surface area contributed by atoms with Gasteiger partial charge in [0, 0.05) is 19.0 Å². The molecule has 0 amide bonds. The molecule has 0 aliphatic rings. The van der Waals surface area contributed by atoms with Crippen LogP contribution in [0.5, 0.6) is 11.5 Å². The molecule has 0 aliphatic carbocycles. The third-order valence-electron chi connectivity index (χ3n) is 2.48. The molecule has 0 unspecified atom stereocenters. The summed E-state index contributed by atoms with van der Waals surface area (Å²) in [4.78, 5) is 10.3. The largest absolute Gasteiger partial charge is 0.497 e. The van der Waals surface area contributed by atoms with Crippen molar-refractivity contribution in [3.63, 3.8) is 0 Å². The standard InChI is InChI=1S/C13H19NO4/c1-17-11-6-10(7-12(8-11)18-2)9-14-5-3-4-13(15)16/h6-8,14H,3-5,9H2,1-2H3,(H,15,16). The van der Waals surface area contributed by atoms with E-state index in [1.807, 2.05) is 18.2 Å². The van der Waals surface area contributed by atoms with E-state index in [2.05, 4.69) is 5.32 Å². The lowest BCUT2D eigenvalue weighted by molar-refractivity contribution is -0.137. The van der Waals surface area contributed by atoms with E-state index in [1.165, 1.54) is 0 Å². The number of rotatable bonds is 8. The van der Waals surface area contributed by atoms with Crippen LogP contribution in [-0.4, -0.2) is 31.8 Å². The van der Waals surface area contributed by atoms with Crippen molar-refractivity contribution in [1.82, 2.24) is 5.32 Å². The first-order chi connectivity index (χ1) is 8.65. The van der Waals surface area contributed by atoms with Gasteiger partial charge >= 0.3 is 5.97 Å². The lowest BCUT2D eigenvalue weighted by Gasteiger charge is -2.09. The van der Waals surface area contributed by atoms with Gasteiger partial charge in [-0.25, -0.2) is 0 Å². The molecule has 0 radical (unpaired) electrons. The summed E-state index contributed by atoms with van der Waals surface area (Å²) < 4.78 is 10.3. The Balaban J connectivity index is 2.43. The van der Waals surface area contributed by atoms with Crippen molar-refractivity contribution in [2.75, 3.05) is 20.8 Å². The van der Waals surface area contributed by atoms with E-state index in [9.17, 15) is 4.79 Å². The van der Waals surface area contributed by atoms with E-state index < -0.39 is 5.97 Å². The van der Waals surface area contributed by atoms with Crippen molar-refractivity contribution in [1.29, 1.82) is 0 Å². The molecular formula is C13H19NO4. The molecule has 100 valence electrons. The number of hydrogen-bond acceptors (Lipinski definition) is 4. The fraction of sp³-hybridized carbons (Fsp3) is 0.462. The second kappa shape index (κ2) is 7.55. The molecule has 0 fully saturated rings. The number of nitrogens with one attached hydrogen (secondary N) is 1. The summed E-state index contributed by atoms with van der Waals surface area (Å²) in [6.07, 6.45) is 0.810. The molecule has 5 nitrogen and oxygen atoms in total. The fourth-order valence-corrected chi connectivity index (χ4v) is 1.57. The van der Waals surface area contributed by atoms with Gasteiger partial charge in [0.2, 0.25) is 0 Å². The molecule has 0 aliphatic heterocycles. The molecule has 0 saturated heterocycles. The summed E-state index contributed by atoms with van der Waals surface area (Å²) in [6, 6.07) is 5.66. The fourth-order valence-electron chi connectivity index (χ4n) is 1.57. The van der Waals surface area contributed by atoms with Crippen LogP contribution in [0.15, 0.2) is 18.2 Å². The Kier molecular flexibility index (Phi) is 6.00. The second-order valence-corrected chi connectivity index (χ2v) is 3.89. The average molecular weight is 253 g/mol. The molecule has 0 atom stereocenters. The highest BCUT2D eigenvalue weighted by atomic mass is 16.5. The summed E-state index contributed by atoms with van der Waals surface area (Å²) in [5.41, 5.74) is 1.04. The number of ether oxygens (including phenoxy) is 2. The predicted octanol–water partition coefficient (Wildman–Crippen LogP) is 1.66. The van der Waals surface area contributed by atoms with Gasteiger partial charge in [0.05, 0.1) is 14.2 Å². The monoisotopic (exact) mass is 253 g/mol. The van der Waals surface area contributed by atoms with Crippen LogP contribution in [0.25, 0.3) is 0 Å². The topological polar surface area (TPSA) is 67.8 Å². The third-order valence-corrected chi connectivity index (χ3v) is 2.48. The smallest absolute Gasteiger partial charge is 0.303 e. The number of carbonyl (C=O) groups is 1. The van der Waals surface area contributed by atoms with E-state index in [4.69, 9.17) is 14.6 Å². The van der Waals surface area contributed by atoms with Gasteiger partial charge < -0.3 is 19.9 Å². The van der Waals surface area contributed by atoms with Crippen LogP contribution < -0.4 is 14.8 Å². The van der Waals surface area contributed by atoms with Crippen molar-refractivity contribution in [2.45, 2.75) is 19.4 Å². The van der Waals surface area contributed by atoms with Crippen LogP contribution in [0.4, 0.5) is 0 Å². The van der Waals surface area contributed by atoms with E-state index >= 15 is 0 Å². The van der Waals surface area contributed by atoms with Crippen molar-refractivity contribution in [3.05, 3.63) is 23.8 Å². The molecule has 1 aromatic rings. The Labute approximate surface area is 107 Å². The predicted molar refractivity (Wildman–Crippen MR) is 68.1 cm³/mol. The van der Waals surface area contributed by atoms with E-state index in [-0.39, 0.29) is 6.42 Å². The van der Waals surface area contributed by atoms with Crippen LogP contribution in [0.3, 0.4) is 0 Å². The number of aliphatic carboxylic acids is 1. The molecular weight excluding hydrogens is 234 g/mol. The Morgan fingerprint density at radius 1 is 1.22 bits per heavy atom. The highest BCUT2D eigenvalue weighted by molar-refractivity contribution is 5.66. The maximum Gasteiger partial charge on any atom is 0.303 e. The Morgan fingerprint density at radius 3 is 2.33 bits per heavy atom. The van der Waals surface area contributed by atoms with Gasteiger partial charge in [-0.1, -0.05) is 0 Å². The first-order valence-electron chi connectivity index (χ1n) is 5.80. The summed E-state index contributed by atoms with van der Waals surface area (Å²) in [5.74, 6) is 0.730. The first-order valence-corrected chi connectivity index (χ1v) is 5.80. The lowest BCUT2D eigenvalue weighted by Crippen LogP contribution is -2.15. The molecule has 1 aromatic carbocycles. The van der Waals surface area contributed by atoms with E-state index in [0.29, 0.717) is 19.5 Å². The maximum absolute atomic E-state index is 10.3. The zero-order valence-electron chi connectivity index (χ0n) is 10.7. The first kappa shape index (κ1) is 14.3. The highest BCUT2D eigenvalue weighted by Gasteiger charge is 2.02.